The van der Waals surface area contributed by atoms with E-state index in [0.29, 0.717) is 16.9 Å². The first-order chi connectivity index (χ1) is 8.56. The zero-order valence-corrected chi connectivity index (χ0v) is 10.7. The van der Waals surface area contributed by atoms with Crippen LogP contribution in [0.2, 0.25) is 0 Å². The average molecular weight is 270 g/mol. The van der Waals surface area contributed by atoms with Crippen molar-refractivity contribution in [1.82, 2.24) is 14.8 Å². The van der Waals surface area contributed by atoms with Crippen molar-refractivity contribution in [1.29, 1.82) is 0 Å². The van der Waals surface area contributed by atoms with Crippen molar-refractivity contribution in [2.24, 2.45) is 0 Å². The molecule has 0 aromatic carbocycles. The summed E-state index contributed by atoms with van der Waals surface area (Å²) in [7, 11) is 1.30. The Hall–Kier alpha value is -1.82. The Labute approximate surface area is 108 Å². The number of carbonyl (C=O) groups excluding carboxylic acids is 1. The minimum absolute atomic E-state index is 0.0531. The van der Waals surface area contributed by atoms with Crippen molar-refractivity contribution in [3.8, 4) is 0 Å². The first-order valence-corrected chi connectivity index (χ1v) is 5.82. The highest BCUT2D eigenvalue weighted by atomic mass is 35.5. The summed E-state index contributed by atoms with van der Waals surface area (Å²) in [5, 5.41) is 4.99. The fourth-order valence-electron chi connectivity index (χ4n) is 1.88. The van der Waals surface area contributed by atoms with Crippen LogP contribution in [0, 0.1) is 6.92 Å². The van der Waals surface area contributed by atoms with E-state index < -0.39 is 5.97 Å². The topological polar surface area (TPSA) is 77.0 Å². The number of nitrogens with zero attached hydrogens (tertiary/aromatic N) is 2. The van der Waals surface area contributed by atoms with Crippen molar-refractivity contribution < 1.29 is 9.53 Å². The van der Waals surface area contributed by atoms with E-state index in [2.05, 4.69) is 14.8 Å². The summed E-state index contributed by atoms with van der Waals surface area (Å²) in [4.78, 5) is 25.4. The third-order valence-corrected chi connectivity index (χ3v) is 2.93. The molecule has 0 bridgehead atoms. The van der Waals surface area contributed by atoms with Crippen LogP contribution >= 0.6 is 11.6 Å². The van der Waals surface area contributed by atoms with Gasteiger partial charge in [0.25, 0.3) is 0 Å². The molecule has 2 rings (SSSR count). The number of aryl methyl sites for hydroxylation is 1. The molecular weight excluding hydrogens is 258 g/mol. The first-order valence-electron chi connectivity index (χ1n) is 5.29. The molecule has 7 heteroatoms. The van der Waals surface area contributed by atoms with Gasteiger partial charge in [0.1, 0.15) is 12.2 Å². The number of rotatable bonds is 3. The highest BCUT2D eigenvalue weighted by Crippen LogP contribution is 2.20. The summed E-state index contributed by atoms with van der Waals surface area (Å²) in [5.41, 5.74) is 1.62. The molecule has 0 aliphatic heterocycles. The molecule has 0 atom stereocenters. The Balaban J connectivity index is 2.66. The van der Waals surface area contributed by atoms with Crippen LogP contribution in [0.25, 0.3) is 11.0 Å². The van der Waals surface area contributed by atoms with E-state index in [-0.39, 0.29) is 18.0 Å². The molecule has 0 unspecified atom stereocenters. The van der Waals surface area contributed by atoms with Crippen LogP contribution in [-0.2, 0) is 22.0 Å². The Kier molecular flexibility index (Phi) is 3.38. The number of alkyl halides is 1. The number of halogens is 1. The first kappa shape index (κ1) is 12.6. The van der Waals surface area contributed by atoms with Crippen LogP contribution in [0.15, 0.2) is 10.9 Å². The minimum Gasteiger partial charge on any atom is -0.468 e. The van der Waals surface area contributed by atoms with Crippen molar-refractivity contribution in [2.45, 2.75) is 19.3 Å². The summed E-state index contributed by atoms with van der Waals surface area (Å²) in [6.45, 7) is 1.74. The van der Waals surface area contributed by atoms with E-state index >= 15 is 0 Å². The third kappa shape index (κ3) is 2.11. The monoisotopic (exact) mass is 269 g/mol. The Morgan fingerprint density at radius 1 is 1.61 bits per heavy atom. The van der Waals surface area contributed by atoms with Gasteiger partial charge in [-0.25, -0.2) is 4.68 Å². The second-order valence-electron chi connectivity index (χ2n) is 3.84. The van der Waals surface area contributed by atoms with Crippen LogP contribution < -0.4 is 5.56 Å². The molecule has 18 heavy (non-hydrogen) atoms. The molecule has 0 spiro atoms. The number of hydrogen-bond donors (Lipinski definition) is 1. The fraction of sp³-hybridized carbons (Fsp3) is 0.364. The summed E-state index contributed by atoms with van der Waals surface area (Å²) in [6.07, 6.45) is 0. The molecule has 6 nitrogen and oxygen atoms in total. The van der Waals surface area contributed by atoms with E-state index in [0.717, 1.165) is 5.39 Å². The number of aromatic amines is 1. The second kappa shape index (κ2) is 4.81. The van der Waals surface area contributed by atoms with Crippen molar-refractivity contribution in [3.63, 3.8) is 0 Å². The van der Waals surface area contributed by atoms with Crippen LogP contribution in [0.5, 0.6) is 0 Å². The van der Waals surface area contributed by atoms with Crippen molar-refractivity contribution >= 4 is 28.6 Å². The maximum absolute atomic E-state index is 11.5. The number of ether oxygens (including phenoxy) is 1. The number of nitrogens with one attached hydrogen (secondary N) is 1. The van der Waals surface area contributed by atoms with Crippen LogP contribution in [-0.4, -0.2) is 27.8 Å². The third-order valence-electron chi connectivity index (χ3n) is 2.65. The van der Waals surface area contributed by atoms with E-state index in [4.69, 9.17) is 11.6 Å². The Morgan fingerprint density at radius 2 is 2.33 bits per heavy atom. The number of aromatic nitrogens is 3. The van der Waals surface area contributed by atoms with Gasteiger partial charge in [0, 0.05) is 17.3 Å². The number of H-pyrrole nitrogens is 1. The van der Waals surface area contributed by atoms with E-state index in [1.54, 1.807) is 6.92 Å². The van der Waals surface area contributed by atoms with E-state index in [9.17, 15) is 9.59 Å². The molecule has 0 aliphatic carbocycles. The zero-order chi connectivity index (χ0) is 13.3. The van der Waals surface area contributed by atoms with Gasteiger partial charge in [0.15, 0.2) is 0 Å². The number of esters is 1. The summed E-state index contributed by atoms with van der Waals surface area (Å²) in [5.74, 6) is -0.220. The highest BCUT2D eigenvalue weighted by Gasteiger charge is 2.14. The summed E-state index contributed by atoms with van der Waals surface area (Å²) >= 11 is 5.81. The van der Waals surface area contributed by atoms with Crippen LogP contribution in [0.4, 0.5) is 0 Å². The van der Waals surface area contributed by atoms with Gasteiger partial charge in [-0.3, -0.25) is 9.59 Å². The lowest BCUT2D eigenvalue weighted by molar-refractivity contribution is -0.141. The highest BCUT2D eigenvalue weighted by molar-refractivity contribution is 6.18. The van der Waals surface area contributed by atoms with Gasteiger partial charge in [0.05, 0.1) is 12.8 Å². The van der Waals surface area contributed by atoms with Gasteiger partial charge in [0.2, 0.25) is 5.56 Å². The molecular formula is C11H12ClN3O3. The number of carbonyl (C=O) groups is 1. The molecule has 0 radical (unpaired) electrons. The zero-order valence-electron chi connectivity index (χ0n) is 9.99. The van der Waals surface area contributed by atoms with Gasteiger partial charge in [-0.2, -0.15) is 5.10 Å². The van der Waals surface area contributed by atoms with E-state index in [1.165, 1.54) is 17.9 Å². The standard InChI is InChI=1S/C11H12ClN3O3/c1-6-10-7(4-12)3-8(16)13-11(10)15(14-6)5-9(17)18-2/h3H,4-5H2,1-2H3,(H,13,16). The number of fused-ring (bicyclic) bond motifs is 1. The van der Waals surface area contributed by atoms with Gasteiger partial charge in [-0.05, 0) is 12.5 Å². The Bertz CT molecular complexity index is 659. The molecule has 0 aliphatic rings. The average Bonchev–Trinajstić information content (AvgIpc) is 2.65. The van der Waals surface area contributed by atoms with Gasteiger partial charge in [-0.15, -0.1) is 11.6 Å². The quantitative estimate of drug-likeness (QED) is 0.665. The predicted octanol–water partition coefficient (Wildman–Crippen LogP) is 0.945. The molecule has 2 aromatic heterocycles. The van der Waals surface area contributed by atoms with Crippen molar-refractivity contribution in [2.75, 3.05) is 7.11 Å². The van der Waals surface area contributed by atoms with E-state index in [1.807, 2.05) is 0 Å². The normalized spacial score (nSPS) is 10.8. The predicted molar refractivity (Wildman–Crippen MR) is 66.7 cm³/mol. The lowest BCUT2D eigenvalue weighted by atomic mass is 10.2. The smallest absolute Gasteiger partial charge is 0.327 e. The summed E-state index contributed by atoms with van der Waals surface area (Å²) < 4.78 is 5.99. The lowest BCUT2D eigenvalue weighted by Crippen LogP contribution is -2.15. The molecule has 0 saturated carbocycles. The molecule has 0 amide bonds. The number of hydrogen-bond acceptors (Lipinski definition) is 4. The number of pyridine rings is 1. The maximum Gasteiger partial charge on any atom is 0.327 e. The Morgan fingerprint density at radius 3 is 2.94 bits per heavy atom. The molecule has 0 saturated heterocycles. The van der Waals surface area contributed by atoms with Gasteiger partial charge in [-0.1, -0.05) is 0 Å². The van der Waals surface area contributed by atoms with Gasteiger partial charge >= 0.3 is 5.97 Å². The van der Waals surface area contributed by atoms with Crippen LogP contribution in [0.1, 0.15) is 11.3 Å². The molecule has 2 aromatic rings. The molecule has 2 heterocycles. The van der Waals surface area contributed by atoms with Crippen LogP contribution in [0.3, 0.4) is 0 Å². The largest absolute Gasteiger partial charge is 0.468 e. The molecule has 1 N–H and O–H groups in total. The SMILES string of the molecule is COC(=O)Cn1nc(C)c2c(CCl)cc(=O)[nH]c21. The molecule has 96 valence electrons. The van der Waals surface area contributed by atoms with Gasteiger partial charge < -0.3 is 9.72 Å². The minimum atomic E-state index is -0.434. The summed E-state index contributed by atoms with van der Waals surface area (Å²) in [6, 6.07) is 1.44. The molecule has 0 fully saturated rings. The number of methoxy groups -OCH3 is 1. The fourth-order valence-corrected chi connectivity index (χ4v) is 2.09. The second-order valence-corrected chi connectivity index (χ2v) is 4.10. The lowest BCUT2D eigenvalue weighted by Gasteiger charge is -2.02. The maximum atomic E-state index is 11.5. The van der Waals surface area contributed by atoms with Crippen molar-refractivity contribution in [3.05, 3.63) is 27.7 Å².